The molecule has 3 aromatic rings. The molecule has 1 N–H and O–H groups in total. The van der Waals surface area contributed by atoms with E-state index < -0.39 is 16.6 Å². The summed E-state index contributed by atoms with van der Waals surface area (Å²) < 4.78 is 20.1. The third-order valence-corrected chi connectivity index (χ3v) is 3.43. The number of ether oxygens (including phenoxy) is 1. The van der Waals surface area contributed by atoms with Crippen molar-refractivity contribution in [1.29, 1.82) is 0 Å². The molecule has 0 spiro atoms. The Balaban J connectivity index is 0.00000109. The molecule has 0 aliphatic carbocycles. The topological polar surface area (TPSA) is 94.6 Å². The smallest absolute Gasteiger partial charge is 0.388 e. The third-order valence-electron chi connectivity index (χ3n) is 3.05. The fraction of sp³-hybridized carbons (Fsp3) is 0.200. The molecule has 0 radical (unpaired) electrons. The Bertz CT molecular complexity index is 916. The molecule has 3 rings (SSSR count). The highest BCUT2D eigenvalue weighted by Gasteiger charge is 2.23. The molecule has 0 bridgehead atoms. The van der Waals surface area contributed by atoms with Crippen LogP contribution in [-0.4, -0.2) is 26.6 Å². The molecule has 0 aromatic carbocycles. The summed E-state index contributed by atoms with van der Waals surface area (Å²) in [5.41, 5.74) is 0.545. The van der Waals surface area contributed by atoms with Gasteiger partial charge in [-0.15, -0.1) is 0 Å². The van der Waals surface area contributed by atoms with E-state index in [1.54, 1.807) is 0 Å². The van der Waals surface area contributed by atoms with Crippen molar-refractivity contribution in [3.05, 3.63) is 51.7 Å². The number of aromatic nitrogens is 3. The lowest BCUT2D eigenvalue weighted by Gasteiger charge is -2.08. The highest BCUT2D eigenvalue weighted by Crippen LogP contribution is 2.39. The Hall–Kier alpha value is -2.94. The van der Waals surface area contributed by atoms with Gasteiger partial charge in [0.25, 0.3) is 0 Å². The molecule has 0 aliphatic heterocycles. The number of rotatable bonds is 4. The van der Waals surface area contributed by atoms with E-state index in [0.29, 0.717) is 11.3 Å². The number of halogens is 2. The van der Waals surface area contributed by atoms with Crippen LogP contribution in [0.1, 0.15) is 13.8 Å². The summed E-state index contributed by atoms with van der Waals surface area (Å²) in [6, 6.07) is 2.75. The van der Waals surface area contributed by atoms with Gasteiger partial charge in [-0.2, -0.15) is 5.10 Å². The van der Waals surface area contributed by atoms with Crippen LogP contribution in [0.3, 0.4) is 0 Å². The Morgan fingerprint density at radius 2 is 2.04 bits per heavy atom. The Labute approximate surface area is 147 Å². The van der Waals surface area contributed by atoms with Crippen LogP contribution in [0.4, 0.5) is 15.9 Å². The SMILES string of the molecule is CC.CNc1c([N+](=O)[O-])ncc(Oc2cnn3cc(F)ccc23)c1Cl. The molecular weight excluding hydrogens is 353 g/mol. The van der Waals surface area contributed by atoms with Gasteiger partial charge in [0, 0.05) is 7.05 Å². The van der Waals surface area contributed by atoms with Gasteiger partial charge in [0.2, 0.25) is 0 Å². The number of hydrogen-bond acceptors (Lipinski definition) is 6. The molecule has 0 saturated heterocycles. The van der Waals surface area contributed by atoms with Crippen LogP contribution in [0.25, 0.3) is 5.52 Å². The molecule has 132 valence electrons. The van der Waals surface area contributed by atoms with E-state index in [-0.39, 0.29) is 16.5 Å². The lowest BCUT2D eigenvalue weighted by atomic mass is 10.3. The average Bonchev–Trinajstić information content (AvgIpc) is 3.00. The largest absolute Gasteiger partial charge is 0.448 e. The van der Waals surface area contributed by atoms with Crippen molar-refractivity contribution in [3.63, 3.8) is 0 Å². The molecule has 10 heteroatoms. The van der Waals surface area contributed by atoms with Crippen molar-refractivity contribution in [1.82, 2.24) is 14.6 Å². The van der Waals surface area contributed by atoms with Gasteiger partial charge in [0.1, 0.15) is 16.4 Å². The highest BCUT2D eigenvalue weighted by atomic mass is 35.5. The summed E-state index contributed by atoms with van der Waals surface area (Å²) in [5, 5.41) is 17.5. The van der Waals surface area contributed by atoms with E-state index >= 15 is 0 Å². The van der Waals surface area contributed by atoms with Crippen molar-refractivity contribution in [2.24, 2.45) is 0 Å². The molecule has 0 unspecified atom stereocenters. The first-order valence-electron chi connectivity index (χ1n) is 7.32. The van der Waals surface area contributed by atoms with Crippen LogP contribution in [0.15, 0.2) is 30.7 Å². The summed E-state index contributed by atoms with van der Waals surface area (Å²) in [4.78, 5) is 14.0. The number of hydrogen-bond donors (Lipinski definition) is 1. The Morgan fingerprint density at radius 3 is 2.68 bits per heavy atom. The van der Waals surface area contributed by atoms with Crippen LogP contribution in [-0.2, 0) is 0 Å². The lowest BCUT2D eigenvalue weighted by Crippen LogP contribution is -2.01. The highest BCUT2D eigenvalue weighted by molar-refractivity contribution is 6.35. The van der Waals surface area contributed by atoms with E-state index in [2.05, 4.69) is 15.4 Å². The first-order valence-corrected chi connectivity index (χ1v) is 7.70. The summed E-state index contributed by atoms with van der Waals surface area (Å²) in [7, 11) is 1.48. The number of anilines is 1. The molecule has 0 fully saturated rings. The minimum atomic E-state index is -0.653. The second-order valence-corrected chi connectivity index (χ2v) is 4.81. The minimum absolute atomic E-state index is 0.00987. The van der Waals surface area contributed by atoms with Gasteiger partial charge in [-0.05, 0) is 22.0 Å². The third kappa shape index (κ3) is 3.61. The molecule has 3 heterocycles. The second kappa shape index (κ2) is 7.75. The first-order chi connectivity index (χ1) is 12.0. The number of nitrogens with zero attached hydrogens (tertiary/aromatic N) is 4. The first kappa shape index (κ1) is 18.4. The lowest BCUT2D eigenvalue weighted by molar-refractivity contribution is -0.388. The van der Waals surface area contributed by atoms with Crippen LogP contribution >= 0.6 is 11.6 Å². The molecule has 0 aliphatic rings. The van der Waals surface area contributed by atoms with Crippen molar-refractivity contribution in [2.75, 3.05) is 12.4 Å². The van der Waals surface area contributed by atoms with Gasteiger partial charge in [-0.3, -0.25) is 0 Å². The van der Waals surface area contributed by atoms with Gasteiger partial charge in [-0.1, -0.05) is 25.4 Å². The zero-order chi connectivity index (χ0) is 18.6. The van der Waals surface area contributed by atoms with E-state index in [1.165, 1.54) is 36.1 Å². The number of nitrogens with one attached hydrogen (secondary N) is 1. The van der Waals surface area contributed by atoms with Crippen LogP contribution in [0.2, 0.25) is 5.02 Å². The number of nitro groups is 1. The van der Waals surface area contributed by atoms with Gasteiger partial charge in [0.15, 0.2) is 23.4 Å². The number of fused-ring (bicyclic) bond motifs is 1. The molecule has 8 nitrogen and oxygen atoms in total. The fourth-order valence-corrected chi connectivity index (χ4v) is 2.29. The summed E-state index contributed by atoms with van der Waals surface area (Å²) in [6.07, 6.45) is 3.72. The number of pyridine rings is 2. The zero-order valence-corrected chi connectivity index (χ0v) is 14.4. The van der Waals surface area contributed by atoms with E-state index in [1.807, 2.05) is 13.8 Å². The van der Waals surface area contributed by atoms with Crippen molar-refractivity contribution < 1.29 is 14.1 Å². The standard InChI is InChI=1S/C13H9ClFN5O3.C2H6/c1-16-12-11(14)10(4-17-13(12)20(21)22)23-9-5-18-19-6-7(15)2-3-8(9)19;1-2/h2-6,16H,1H3;1-2H3. The van der Waals surface area contributed by atoms with Crippen LogP contribution < -0.4 is 10.1 Å². The maximum atomic E-state index is 13.2. The molecule has 3 aromatic heterocycles. The second-order valence-electron chi connectivity index (χ2n) is 4.43. The van der Waals surface area contributed by atoms with Gasteiger partial charge < -0.3 is 20.2 Å². The van der Waals surface area contributed by atoms with Crippen LogP contribution in [0, 0.1) is 15.9 Å². The van der Waals surface area contributed by atoms with Crippen molar-refractivity contribution in [2.45, 2.75) is 13.8 Å². The van der Waals surface area contributed by atoms with Crippen LogP contribution in [0.5, 0.6) is 11.5 Å². The van der Waals surface area contributed by atoms with Crippen molar-refractivity contribution in [3.8, 4) is 11.5 Å². The Kier molecular flexibility index (Phi) is 5.71. The Morgan fingerprint density at radius 1 is 1.32 bits per heavy atom. The van der Waals surface area contributed by atoms with Gasteiger partial charge in [0.05, 0.1) is 12.4 Å². The van der Waals surface area contributed by atoms with E-state index in [4.69, 9.17) is 16.3 Å². The predicted octanol–water partition coefficient (Wildman–Crippen LogP) is 4.29. The molecule has 0 saturated carbocycles. The van der Waals surface area contributed by atoms with E-state index in [0.717, 1.165) is 6.20 Å². The maximum absolute atomic E-state index is 13.2. The minimum Gasteiger partial charge on any atom is -0.448 e. The normalized spacial score (nSPS) is 10.1. The summed E-state index contributed by atoms with van der Waals surface area (Å²) >= 11 is 6.13. The monoisotopic (exact) mass is 367 g/mol. The zero-order valence-electron chi connectivity index (χ0n) is 13.7. The van der Waals surface area contributed by atoms with Gasteiger partial charge in [-0.25, -0.2) is 8.91 Å². The fourth-order valence-electron chi connectivity index (χ4n) is 2.03. The van der Waals surface area contributed by atoms with Gasteiger partial charge >= 0.3 is 5.82 Å². The van der Waals surface area contributed by atoms with E-state index in [9.17, 15) is 14.5 Å². The molecule has 25 heavy (non-hydrogen) atoms. The average molecular weight is 368 g/mol. The summed E-state index contributed by atoms with van der Waals surface area (Å²) in [5.74, 6) is -0.433. The quantitative estimate of drug-likeness (QED) is 0.546. The molecule has 0 amide bonds. The summed E-state index contributed by atoms with van der Waals surface area (Å²) in [6.45, 7) is 4.00. The maximum Gasteiger partial charge on any atom is 0.388 e. The molecule has 0 atom stereocenters. The predicted molar refractivity (Wildman–Crippen MR) is 92.0 cm³/mol. The van der Waals surface area contributed by atoms with Crippen molar-refractivity contribution >= 4 is 28.6 Å². The molecular formula is C15H15ClFN5O3.